The Labute approximate surface area is 148 Å². The maximum atomic E-state index is 12.4. The van der Waals surface area contributed by atoms with Gasteiger partial charge < -0.3 is 15.2 Å². The van der Waals surface area contributed by atoms with Crippen LogP contribution in [-0.2, 0) is 18.4 Å². The molecule has 1 aromatic heterocycles. The summed E-state index contributed by atoms with van der Waals surface area (Å²) in [7, 11) is 1.93. The van der Waals surface area contributed by atoms with Gasteiger partial charge in [0.15, 0.2) is 0 Å². The van der Waals surface area contributed by atoms with Gasteiger partial charge in [0.25, 0.3) is 5.91 Å². The summed E-state index contributed by atoms with van der Waals surface area (Å²) < 4.78 is 1.97. The molecule has 2 heterocycles. The first-order valence-corrected chi connectivity index (χ1v) is 8.85. The first kappa shape index (κ1) is 15.7. The minimum absolute atomic E-state index is 0.0465. The largest absolute Gasteiger partial charge is 0.345 e. The van der Waals surface area contributed by atoms with Crippen LogP contribution in [0, 0.1) is 0 Å². The highest BCUT2D eigenvalue weighted by Crippen LogP contribution is 2.31. The van der Waals surface area contributed by atoms with Crippen LogP contribution in [0.5, 0.6) is 0 Å². The Morgan fingerprint density at radius 2 is 2.16 bits per heavy atom. The third kappa shape index (κ3) is 2.98. The summed E-state index contributed by atoms with van der Waals surface area (Å²) in [5.74, 6) is 0.955. The molecule has 7 heteroatoms. The van der Waals surface area contributed by atoms with Gasteiger partial charge in [-0.1, -0.05) is 12.1 Å². The quantitative estimate of drug-likeness (QED) is 0.760. The van der Waals surface area contributed by atoms with E-state index in [-0.39, 0.29) is 11.8 Å². The predicted octanol–water partition coefficient (Wildman–Crippen LogP) is 2.55. The van der Waals surface area contributed by atoms with E-state index in [9.17, 15) is 9.59 Å². The van der Waals surface area contributed by atoms with Crippen LogP contribution in [0.15, 0.2) is 47.4 Å². The number of thioether (sulfide) groups is 1. The monoisotopic (exact) mass is 352 g/mol. The number of imidazole rings is 1. The molecular weight excluding hydrogens is 336 g/mol. The number of rotatable bonds is 3. The highest BCUT2D eigenvalue weighted by Gasteiger charge is 2.17. The van der Waals surface area contributed by atoms with Crippen molar-refractivity contribution in [3.63, 3.8) is 0 Å². The topological polar surface area (TPSA) is 76.0 Å². The second-order valence-corrected chi connectivity index (χ2v) is 6.82. The van der Waals surface area contributed by atoms with E-state index in [1.165, 1.54) is 11.8 Å². The van der Waals surface area contributed by atoms with Crippen LogP contribution in [-0.4, -0.2) is 27.1 Å². The number of hydrogen-bond donors (Lipinski definition) is 2. The molecule has 3 aromatic rings. The number of amides is 2. The molecular formula is C18H16N4O2S. The summed E-state index contributed by atoms with van der Waals surface area (Å²) in [5.41, 5.74) is 3.14. The van der Waals surface area contributed by atoms with Gasteiger partial charge >= 0.3 is 0 Å². The number of nitrogens with zero attached hydrogens (tertiary/aromatic N) is 2. The van der Waals surface area contributed by atoms with Crippen molar-refractivity contribution < 1.29 is 9.59 Å². The molecule has 0 spiro atoms. The molecule has 0 saturated carbocycles. The van der Waals surface area contributed by atoms with Crippen molar-refractivity contribution >= 4 is 40.3 Å². The average Bonchev–Trinajstić information content (AvgIpc) is 2.95. The molecule has 0 atom stereocenters. The first-order chi connectivity index (χ1) is 12.1. The molecule has 0 unspecified atom stereocenters. The van der Waals surface area contributed by atoms with Gasteiger partial charge in [-0.05, 0) is 30.3 Å². The number of para-hydroxylation sites is 2. The average molecular weight is 352 g/mol. The molecule has 126 valence electrons. The molecule has 1 aliphatic rings. The predicted molar refractivity (Wildman–Crippen MR) is 97.7 cm³/mol. The van der Waals surface area contributed by atoms with E-state index >= 15 is 0 Å². The van der Waals surface area contributed by atoms with E-state index in [2.05, 4.69) is 15.6 Å². The van der Waals surface area contributed by atoms with Crippen LogP contribution in [0.3, 0.4) is 0 Å². The molecule has 0 aliphatic carbocycles. The summed E-state index contributed by atoms with van der Waals surface area (Å²) in [6, 6.07) is 13.2. The fraction of sp³-hybridized carbons (Fsp3) is 0.167. The van der Waals surface area contributed by atoms with E-state index in [1.54, 1.807) is 12.1 Å². The summed E-state index contributed by atoms with van der Waals surface area (Å²) in [6.45, 7) is 0.336. The number of carbonyl (C=O) groups is 2. The standard InChI is InChI=1S/C18H16N4O2S/c1-22-14-5-3-2-4-12(14)20-16(22)9-19-18(24)11-6-7-15-13(8-11)21-17(23)10-25-15/h2-8H,9-10H2,1H3,(H,19,24)(H,21,23). The second kappa shape index (κ2) is 6.25. The zero-order chi connectivity index (χ0) is 17.4. The van der Waals surface area contributed by atoms with Gasteiger partial charge in [0.05, 0.1) is 29.0 Å². The minimum Gasteiger partial charge on any atom is -0.345 e. The summed E-state index contributed by atoms with van der Waals surface area (Å²) >= 11 is 1.47. The molecule has 2 aromatic carbocycles. The van der Waals surface area contributed by atoms with Gasteiger partial charge in [0.1, 0.15) is 5.82 Å². The third-order valence-electron chi connectivity index (χ3n) is 4.16. The maximum absolute atomic E-state index is 12.4. The second-order valence-electron chi connectivity index (χ2n) is 5.81. The van der Waals surface area contributed by atoms with Crippen LogP contribution < -0.4 is 10.6 Å². The van der Waals surface area contributed by atoms with Gasteiger partial charge in [0, 0.05) is 17.5 Å². The van der Waals surface area contributed by atoms with Crippen molar-refractivity contribution in [3.8, 4) is 0 Å². The lowest BCUT2D eigenvalue weighted by molar-refractivity contribution is -0.113. The van der Waals surface area contributed by atoms with Crippen LogP contribution in [0.25, 0.3) is 11.0 Å². The SMILES string of the molecule is Cn1c(CNC(=O)c2ccc3c(c2)NC(=O)CS3)nc2ccccc21. The molecule has 2 N–H and O–H groups in total. The number of fused-ring (bicyclic) bond motifs is 2. The van der Waals surface area contributed by atoms with E-state index in [0.29, 0.717) is 23.5 Å². The highest BCUT2D eigenvalue weighted by atomic mass is 32.2. The molecule has 25 heavy (non-hydrogen) atoms. The Bertz CT molecular complexity index is 996. The van der Waals surface area contributed by atoms with Crippen LogP contribution in [0.1, 0.15) is 16.2 Å². The molecule has 0 radical (unpaired) electrons. The number of benzene rings is 2. The summed E-state index contributed by atoms with van der Waals surface area (Å²) in [4.78, 5) is 29.5. The molecule has 4 rings (SSSR count). The Kier molecular flexibility index (Phi) is 3.93. The maximum Gasteiger partial charge on any atom is 0.251 e. The Morgan fingerprint density at radius 3 is 3.00 bits per heavy atom. The number of hydrogen-bond acceptors (Lipinski definition) is 4. The Balaban J connectivity index is 1.51. The van der Waals surface area contributed by atoms with Crippen molar-refractivity contribution in [1.82, 2.24) is 14.9 Å². The summed E-state index contributed by atoms with van der Waals surface area (Å²) in [5, 5.41) is 5.69. The fourth-order valence-electron chi connectivity index (χ4n) is 2.84. The van der Waals surface area contributed by atoms with E-state index in [1.807, 2.05) is 41.9 Å². The lowest BCUT2D eigenvalue weighted by Crippen LogP contribution is -2.25. The minimum atomic E-state index is -0.195. The van der Waals surface area contributed by atoms with Crippen molar-refractivity contribution in [2.75, 3.05) is 11.1 Å². The van der Waals surface area contributed by atoms with Crippen molar-refractivity contribution in [2.45, 2.75) is 11.4 Å². The molecule has 0 saturated heterocycles. The molecule has 0 fully saturated rings. The lowest BCUT2D eigenvalue weighted by atomic mass is 10.2. The zero-order valence-corrected chi connectivity index (χ0v) is 14.4. The van der Waals surface area contributed by atoms with E-state index in [0.717, 1.165) is 21.8 Å². The van der Waals surface area contributed by atoms with Crippen LogP contribution in [0.4, 0.5) is 5.69 Å². The molecule has 2 amide bonds. The van der Waals surface area contributed by atoms with Crippen molar-refractivity contribution in [3.05, 3.63) is 53.9 Å². The van der Waals surface area contributed by atoms with Crippen molar-refractivity contribution in [2.24, 2.45) is 7.05 Å². The Hall–Kier alpha value is -2.80. The van der Waals surface area contributed by atoms with Gasteiger partial charge in [-0.2, -0.15) is 0 Å². The number of carbonyl (C=O) groups excluding carboxylic acids is 2. The van der Waals surface area contributed by atoms with Gasteiger partial charge in [-0.25, -0.2) is 4.98 Å². The fourth-order valence-corrected chi connectivity index (χ4v) is 3.63. The third-order valence-corrected chi connectivity index (χ3v) is 5.23. The smallest absolute Gasteiger partial charge is 0.251 e. The number of aromatic nitrogens is 2. The first-order valence-electron chi connectivity index (χ1n) is 7.87. The van der Waals surface area contributed by atoms with E-state index in [4.69, 9.17) is 0 Å². The zero-order valence-electron chi connectivity index (χ0n) is 13.6. The van der Waals surface area contributed by atoms with Gasteiger partial charge in [0.2, 0.25) is 5.91 Å². The van der Waals surface area contributed by atoms with Crippen LogP contribution >= 0.6 is 11.8 Å². The molecule has 6 nitrogen and oxygen atoms in total. The molecule has 1 aliphatic heterocycles. The number of nitrogens with one attached hydrogen (secondary N) is 2. The highest BCUT2D eigenvalue weighted by molar-refractivity contribution is 8.00. The summed E-state index contributed by atoms with van der Waals surface area (Å²) in [6.07, 6.45) is 0. The van der Waals surface area contributed by atoms with Crippen LogP contribution in [0.2, 0.25) is 0 Å². The number of anilines is 1. The lowest BCUT2D eigenvalue weighted by Gasteiger charge is -2.16. The Morgan fingerprint density at radius 1 is 1.32 bits per heavy atom. The normalized spacial score (nSPS) is 13.4. The van der Waals surface area contributed by atoms with E-state index < -0.39 is 0 Å². The number of aryl methyl sites for hydroxylation is 1. The van der Waals surface area contributed by atoms with Gasteiger partial charge in [-0.3, -0.25) is 9.59 Å². The van der Waals surface area contributed by atoms with Gasteiger partial charge in [-0.15, -0.1) is 11.8 Å². The molecule has 0 bridgehead atoms. The van der Waals surface area contributed by atoms with Crippen molar-refractivity contribution in [1.29, 1.82) is 0 Å².